The van der Waals surface area contributed by atoms with Crippen LogP contribution in [0, 0.1) is 3.57 Å². The number of rotatable bonds is 2. The van der Waals surface area contributed by atoms with Gasteiger partial charge in [0, 0.05) is 3.57 Å². The van der Waals surface area contributed by atoms with E-state index in [-0.39, 0.29) is 0 Å². The molecular weight excluding hydrogens is 363 g/mol. The molecular formula is C12H16ClIN4. The van der Waals surface area contributed by atoms with E-state index in [2.05, 4.69) is 38.3 Å². The minimum Gasteiger partial charge on any atom is -0.324 e. The maximum atomic E-state index is 6.12. The molecule has 0 saturated heterocycles. The highest BCUT2D eigenvalue weighted by Gasteiger charge is 2.15. The Morgan fingerprint density at radius 3 is 2.78 bits per heavy atom. The highest BCUT2D eigenvalue weighted by molar-refractivity contribution is 14.1. The maximum absolute atomic E-state index is 6.12. The third-order valence-corrected chi connectivity index (χ3v) is 3.96. The molecule has 1 aromatic carbocycles. The van der Waals surface area contributed by atoms with Crippen molar-refractivity contribution in [3.8, 4) is 0 Å². The lowest BCUT2D eigenvalue weighted by molar-refractivity contribution is 0.700. The number of hydrogen-bond donors (Lipinski definition) is 3. The Labute approximate surface area is 125 Å². The van der Waals surface area contributed by atoms with E-state index < -0.39 is 0 Å². The van der Waals surface area contributed by atoms with Crippen LogP contribution in [-0.4, -0.2) is 12.0 Å². The molecule has 1 saturated carbocycles. The van der Waals surface area contributed by atoms with Gasteiger partial charge in [0.05, 0.1) is 16.8 Å². The molecule has 0 atom stereocenters. The highest BCUT2D eigenvalue weighted by atomic mass is 127. The summed E-state index contributed by atoms with van der Waals surface area (Å²) in [5.74, 6) is 6.07. The lowest BCUT2D eigenvalue weighted by Crippen LogP contribution is -2.37. The first kappa shape index (κ1) is 13.9. The summed E-state index contributed by atoms with van der Waals surface area (Å²) in [5.41, 5.74) is 3.42. The number of nitrogens with two attached hydrogens (primary N) is 1. The molecule has 4 N–H and O–H groups in total. The SMILES string of the molecule is NNC(=NC1CCCC1)Nc1cc(I)ccc1Cl. The fourth-order valence-electron chi connectivity index (χ4n) is 2.04. The van der Waals surface area contributed by atoms with E-state index in [4.69, 9.17) is 17.4 Å². The number of guanidine groups is 1. The number of hydrogen-bond acceptors (Lipinski definition) is 2. The summed E-state index contributed by atoms with van der Waals surface area (Å²) >= 11 is 8.37. The minimum atomic E-state index is 0.366. The van der Waals surface area contributed by atoms with Gasteiger partial charge in [0.1, 0.15) is 0 Å². The zero-order chi connectivity index (χ0) is 13.0. The van der Waals surface area contributed by atoms with Crippen molar-refractivity contribution in [2.24, 2.45) is 10.8 Å². The van der Waals surface area contributed by atoms with Crippen LogP contribution in [0.3, 0.4) is 0 Å². The van der Waals surface area contributed by atoms with E-state index in [0.717, 1.165) is 22.1 Å². The Hall–Kier alpha value is -0.530. The first-order chi connectivity index (χ1) is 8.69. The van der Waals surface area contributed by atoms with E-state index in [0.29, 0.717) is 17.0 Å². The van der Waals surface area contributed by atoms with Crippen molar-refractivity contribution in [2.45, 2.75) is 31.7 Å². The summed E-state index contributed by atoms with van der Waals surface area (Å²) in [6.45, 7) is 0. The van der Waals surface area contributed by atoms with Gasteiger partial charge in [-0.2, -0.15) is 0 Å². The summed E-state index contributed by atoms with van der Waals surface area (Å²) in [7, 11) is 0. The number of halogens is 2. The summed E-state index contributed by atoms with van der Waals surface area (Å²) < 4.78 is 1.11. The van der Waals surface area contributed by atoms with Gasteiger partial charge in [0.25, 0.3) is 0 Å². The van der Waals surface area contributed by atoms with Crippen molar-refractivity contribution in [1.82, 2.24) is 5.43 Å². The van der Waals surface area contributed by atoms with Crippen LogP contribution < -0.4 is 16.6 Å². The summed E-state index contributed by atoms with van der Waals surface area (Å²) in [6.07, 6.45) is 4.76. The molecule has 6 heteroatoms. The molecule has 0 aliphatic heterocycles. The molecule has 0 spiro atoms. The van der Waals surface area contributed by atoms with E-state index >= 15 is 0 Å². The predicted octanol–water partition coefficient (Wildman–Crippen LogP) is 3.12. The van der Waals surface area contributed by atoms with Crippen LogP contribution in [0.4, 0.5) is 5.69 Å². The van der Waals surface area contributed by atoms with Crippen molar-refractivity contribution in [1.29, 1.82) is 0 Å². The van der Waals surface area contributed by atoms with Crippen molar-refractivity contribution in [3.05, 3.63) is 26.8 Å². The fourth-order valence-corrected chi connectivity index (χ4v) is 2.70. The first-order valence-corrected chi connectivity index (χ1v) is 7.41. The smallest absolute Gasteiger partial charge is 0.210 e. The molecule has 98 valence electrons. The van der Waals surface area contributed by atoms with E-state index in [1.807, 2.05) is 18.2 Å². The Bertz CT molecular complexity index is 444. The summed E-state index contributed by atoms with van der Waals surface area (Å²) in [5, 5.41) is 3.80. The minimum absolute atomic E-state index is 0.366. The largest absolute Gasteiger partial charge is 0.324 e. The molecule has 0 bridgehead atoms. The van der Waals surface area contributed by atoms with Gasteiger partial charge >= 0.3 is 0 Å². The average molecular weight is 379 g/mol. The third-order valence-electron chi connectivity index (χ3n) is 2.95. The number of nitrogens with zero attached hydrogens (tertiary/aromatic N) is 1. The van der Waals surface area contributed by atoms with Crippen LogP contribution in [0.1, 0.15) is 25.7 Å². The monoisotopic (exact) mass is 378 g/mol. The summed E-state index contributed by atoms with van der Waals surface area (Å²) in [4.78, 5) is 4.57. The number of nitrogens with one attached hydrogen (secondary N) is 2. The van der Waals surface area contributed by atoms with Gasteiger partial charge in [-0.25, -0.2) is 10.8 Å². The summed E-state index contributed by atoms with van der Waals surface area (Å²) in [6, 6.07) is 6.14. The normalized spacial score (nSPS) is 16.9. The second-order valence-corrected chi connectivity index (χ2v) is 5.96. The van der Waals surface area contributed by atoms with Crippen LogP contribution >= 0.6 is 34.2 Å². The molecule has 2 rings (SSSR count). The molecule has 1 aliphatic rings. The number of anilines is 1. The van der Waals surface area contributed by atoms with Crippen LogP contribution in [-0.2, 0) is 0 Å². The van der Waals surface area contributed by atoms with Crippen molar-refractivity contribution < 1.29 is 0 Å². The molecule has 0 unspecified atom stereocenters. The van der Waals surface area contributed by atoms with Gasteiger partial charge in [-0.15, -0.1) is 0 Å². The topological polar surface area (TPSA) is 62.4 Å². The number of benzene rings is 1. The van der Waals surface area contributed by atoms with Crippen molar-refractivity contribution in [2.75, 3.05) is 5.32 Å². The second-order valence-electron chi connectivity index (χ2n) is 4.31. The Morgan fingerprint density at radius 2 is 2.11 bits per heavy atom. The Balaban J connectivity index is 2.11. The first-order valence-electron chi connectivity index (χ1n) is 5.95. The van der Waals surface area contributed by atoms with Gasteiger partial charge in [-0.3, -0.25) is 5.43 Å². The molecule has 0 aromatic heterocycles. The zero-order valence-electron chi connectivity index (χ0n) is 9.92. The van der Waals surface area contributed by atoms with Gasteiger partial charge in [0.2, 0.25) is 5.96 Å². The Kier molecular flexibility index (Phi) is 5.08. The van der Waals surface area contributed by atoms with E-state index in [9.17, 15) is 0 Å². The van der Waals surface area contributed by atoms with Crippen LogP contribution in [0.5, 0.6) is 0 Å². The standard InChI is InChI=1S/C12H16ClIN4/c13-10-6-5-8(14)7-11(10)17-12(18-15)16-9-3-1-2-4-9/h5-7,9H,1-4,15H2,(H2,16,17,18). The molecule has 1 aromatic rings. The van der Waals surface area contributed by atoms with Gasteiger partial charge < -0.3 is 5.32 Å². The van der Waals surface area contributed by atoms with Crippen molar-refractivity contribution in [3.63, 3.8) is 0 Å². The Morgan fingerprint density at radius 1 is 1.39 bits per heavy atom. The molecule has 0 heterocycles. The van der Waals surface area contributed by atoms with E-state index in [1.165, 1.54) is 12.8 Å². The molecule has 1 fully saturated rings. The van der Waals surface area contributed by atoms with Crippen LogP contribution in [0.2, 0.25) is 5.02 Å². The lowest BCUT2D eigenvalue weighted by atomic mass is 10.3. The second kappa shape index (κ2) is 6.58. The van der Waals surface area contributed by atoms with Crippen LogP contribution in [0.25, 0.3) is 0 Å². The zero-order valence-corrected chi connectivity index (χ0v) is 12.8. The molecule has 0 amide bonds. The number of hydrazine groups is 1. The third kappa shape index (κ3) is 3.73. The maximum Gasteiger partial charge on any atom is 0.210 e. The van der Waals surface area contributed by atoms with E-state index in [1.54, 1.807) is 0 Å². The fraction of sp³-hybridized carbons (Fsp3) is 0.417. The quantitative estimate of drug-likeness (QED) is 0.244. The average Bonchev–Trinajstić information content (AvgIpc) is 2.85. The van der Waals surface area contributed by atoms with Gasteiger partial charge in [-0.1, -0.05) is 24.4 Å². The van der Waals surface area contributed by atoms with Gasteiger partial charge in [-0.05, 0) is 53.6 Å². The van der Waals surface area contributed by atoms with Gasteiger partial charge in [0.15, 0.2) is 0 Å². The molecule has 18 heavy (non-hydrogen) atoms. The van der Waals surface area contributed by atoms with Crippen LogP contribution in [0.15, 0.2) is 23.2 Å². The lowest BCUT2D eigenvalue weighted by Gasteiger charge is -2.13. The van der Waals surface area contributed by atoms with Crippen molar-refractivity contribution >= 4 is 45.8 Å². The molecule has 4 nitrogen and oxygen atoms in total. The molecule has 1 aliphatic carbocycles. The highest BCUT2D eigenvalue weighted by Crippen LogP contribution is 2.24. The number of aliphatic imine (C=N–C) groups is 1. The molecule has 0 radical (unpaired) electrons. The predicted molar refractivity (Wildman–Crippen MR) is 84.8 cm³/mol.